The number of carbonyl (C=O) groups excluding carboxylic acids is 2. The first kappa shape index (κ1) is 22.6. The third-order valence-electron chi connectivity index (χ3n) is 5.06. The average Bonchev–Trinajstić information content (AvgIpc) is 2.76. The topological polar surface area (TPSA) is 83.6 Å². The summed E-state index contributed by atoms with van der Waals surface area (Å²) in [6.45, 7) is 6.31. The van der Waals surface area contributed by atoms with Crippen molar-refractivity contribution in [3.8, 4) is 0 Å². The quantitative estimate of drug-likeness (QED) is 0.701. The van der Waals surface area contributed by atoms with Crippen molar-refractivity contribution in [3.63, 3.8) is 0 Å². The van der Waals surface area contributed by atoms with E-state index in [0.717, 1.165) is 23.5 Å². The van der Waals surface area contributed by atoms with Gasteiger partial charge in [-0.05, 0) is 24.1 Å². The van der Waals surface area contributed by atoms with Gasteiger partial charge in [-0.1, -0.05) is 26.0 Å². The van der Waals surface area contributed by atoms with Gasteiger partial charge < -0.3 is 20.3 Å². The molecule has 0 spiro atoms. The molecule has 0 aliphatic carbocycles. The molecule has 0 unspecified atom stereocenters. The van der Waals surface area contributed by atoms with Crippen LogP contribution in [0.1, 0.15) is 29.8 Å². The number of morpholine rings is 1. The van der Waals surface area contributed by atoms with Gasteiger partial charge in [-0.3, -0.25) is 9.59 Å². The SMILES string of the molecule is CC(C)[C@H](NC(=O)c1c(F)cccc1F)C(=O)NCc1cccnc1N1CCOCC1. The summed E-state index contributed by atoms with van der Waals surface area (Å²) in [6.07, 6.45) is 1.69. The van der Waals surface area contributed by atoms with Gasteiger partial charge in [0.15, 0.2) is 0 Å². The highest BCUT2D eigenvalue weighted by Crippen LogP contribution is 2.19. The van der Waals surface area contributed by atoms with E-state index in [0.29, 0.717) is 26.3 Å². The van der Waals surface area contributed by atoms with Crippen molar-refractivity contribution in [2.24, 2.45) is 5.92 Å². The first-order valence-electron chi connectivity index (χ1n) is 10.2. The van der Waals surface area contributed by atoms with Crippen LogP contribution in [0.3, 0.4) is 0 Å². The Morgan fingerprint density at radius 1 is 1.13 bits per heavy atom. The van der Waals surface area contributed by atoms with E-state index >= 15 is 0 Å². The van der Waals surface area contributed by atoms with Gasteiger partial charge in [0.1, 0.15) is 29.1 Å². The molecule has 0 bridgehead atoms. The molecule has 1 aromatic carbocycles. The summed E-state index contributed by atoms with van der Waals surface area (Å²) in [7, 11) is 0. The highest BCUT2D eigenvalue weighted by atomic mass is 19.1. The molecule has 1 aliphatic heterocycles. The van der Waals surface area contributed by atoms with E-state index in [2.05, 4.69) is 20.5 Å². The number of aromatic nitrogens is 1. The molecule has 1 saturated heterocycles. The summed E-state index contributed by atoms with van der Waals surface area (Å²) in [4.78, 5) is 31.8. The van der Waals surface area contributed by atoms with E-state index < -0.39 is 35.1 Å². The van der Waals surface area contributed by atoms with Crippen LogP contribution >= 0.6 is 0 Å². The lowest BCUT2D eigenvalue weighted by Gasteiger charge is -2.29. The van der Waals surface area contributed by atoms with Gasteiger partial charge in [-0.15, -0.1) is 0 Å². The van der Waals surface area contributed by atoms with Gasteiger partial charge in [0, 0.05) is 31.4 Å². The van der Waals surface area contributed by atoms with Gasteiger partial charge in [0.05, 0.1) is 13.2 Å². The molecule has 2 N–H and O–H groups in total. The maximum absolute atomic E-state index is 13.9. The lowest BCUT2D eigenvalue weighted by atomic mass is 10.0. The van der Waals surface area contributed by atoms with Crippen molar-refractivity contribution in [2.75, 3.05) is 31.2 Å². The molecule has 1 fully saturated rings. The molecule has 1 aromatic heterocycles. The zero-order valence-electron chi connectivity index (χ0n) is 17.5. The van der Waals surface area contributed by atoms with Crippen molar-refractivity contribution in [1.29, 1.82) is 0 Å². The monoisotopic (exact) mass is 432 g/mol. The number of pyridine rings is 1. The van der Waals surface area contributed by atoms with Gasteiger partial charge in [-0.2, -0.15) is 0 Å². The number of hydrogen-bond donors (Lipinski definition) is 2. The number of halogens is 2. The van der Waals surface area contributed by atoms with Crippen LogP contribution in [0, 0.1) is 17.6 Å². The Labute approximate surface area is 179 Å². The minimum absolute atomic E-state index is 0.201. The third-order valence-corrected chi connectivity index (χ3v) is 5.06. The van der Waals surface area contributed by atoms with Crippen LogP contribution < -0.4 is 15.5 Å². The summed E-state index contributed by atoms with van der Waals surface area (Å²) < 4.78 is 33.2. The maximum Gasteiger partial charge on any atom is 0.257 e. The van der Waals surface area contributed by atoms with Crippen LogP contribution in [-0.4, -0.2) is 49.1 Å². The van der Waals surface area contributed by atoms with Crippen LogP contribution in [0.15, 0.2) is 36.5 Å². The molecule has 0 saturated carbocycles. The second-order valence-electron chi connectivity index (χ2n) is 7.60. The number of carbonyl (C=O) groups is 2. The van der Waals surface area contributed by atoms with E-state index in [1.54, 1.807) is 26.1 Å². The Morgan fingerprint density at radius 2 is 1.81 bits per heavy atom. The summed E-state index contributed by atoms with van der Waals surface area (Å²) in [5.41, 5.74) is 0.120. The normalized spacial score (nSPS) is 14.9. The second-order valence-corrected chi connectivity index (χ2v) is 7.60. The number of nitrogens with one attached hydrogen (secondary N) is 2. The molecule has 2 aromatic rings. The van der Waals surface area contributed by atoms with Crippen molar-refractivity contribution in [3.05, 3.63) is 59.3 Å². The molecule has 9 heteroatoms. The van der Waals surface area contributed by atoms with Crippen molar-refractivity contribution in [2.45, 2.75) is 26.4 Å². The van der Waals surface area contributed by atoms with E-state index in [1.807, 2.05) is 6.07 Å². The highest BCUT2D eigenvalue weighted by Gasteiger charge is 2.27. The van der Waals surface area contributed by atoms with Crippen LogP contribution in [0.5, 0.6) is 0 Å². The van der Waals surface area contributed by atoms with Gasteiger partial charge in [0.2, 0.25) is 5.91 Å². The number of anilines is 1. The van der Waals surface area contributed by atoms with Crippen molar-refractivity contribution in [1.82, 2.24) is 15.6 Å². The molecule has 1 atom stereocenters. The standard InChI is InChI=1S/C22H26F2N4O3/c1-14(2)19(27-21(29)18-16(23)6-3-7-17(18)24)22(30)26-13-15-5-4-8-25-20(15)28-9-11-31-12-10-28/h3-8,14,19H,9-13H2,1-2H3,(H,26,30)(H,27,29)/t19-/m0/s1. The van der Waals surface area contributed by atoms with Crippen LogP contribution in [0.4, 0.5) is 14.6 Å². The smallest absolute Gasteiger partial charge is 0.257 e. The van der Waals surface area contributed by atoms with E-state index in [4.69, 9.17) is 4.74 Å². The van der Waals surface area contributed by atoms with E-state index in [1.165, 1.54) is 6.07 Å². The molecule has 166 valence electrons. The third kappa shape index (κ3) is 5.55. The first-order chi connectivity index (χ1) is 14.9. The van der Waals surface area contributed by atoms with Crippen LogP contribution in [0.25, 0.3) is 0 Å². The minimum Gasteiger partial charge on any atom is -0.378 e. The summed E-state index contributed by atoms with van der Waals surface area (Å²) in [5, 5.41) is 5.26. The fourth-order valence-electron chi connectivity index (χ4n) is 3.38. The summed E-state index contributed by atoms with van der Waals surface area (Å²) in [6, 6.07) is 5.86. The number of amides is 2. The molecule has 0 radical (unpaired) electrons. The Bertz CT molecular complexity index is 912. The Balaban J connectivity index is 1.69. The summed E-state index contributed by atoms with van der Waals surface area (Å²) in [5.74, 6) is -2.91. The second kappa shape index (κ2) is 10.3. The Kier molecular flexibility index (Phi) is 7.51. The number of nitrogens with zero attached hydrogens (tertiary/aromatic N) is 2. The molecule has 7 nitrogen and oxygen atoms in total. The maximum atomic E-state index is 13.9. The molecular formula is C22H26F2N4O3. The lowest BCUT2D eigenvalue weighted by molar-refractivity contribution is -0.124. The predicted molar refractivity (Wildman–Crippen MR) is 112 cm³/mol. The highest BCUT2D eigenvalue weighted by molar-refractivity contribution is 5.98. The zero-order valence-corrected chi connectivity index (χ0v) is 17.5. The Hall–Kier alpha value is -3.07. The van der Waals surface area contributed by atoms with Gasteiger partial charge in [0.25, 0.3) is 5.91 Å². The van der Waals surface area contributed by atoms with E-state index in [-0.39, 0.29) is 12.5 Å². The first-order valence-corrected chi connectivity index (χ1v) is 10.2. The van der Waals surface area contributed by atoms with E-state index in [9.17, 15) is 18.4 Å². The molecule has 3 rings (SSSR count). The number of rotatable bonds is 7. The molecule has 2 heterocycles. The van der Waals surface area contributed by atoms with Gasteiger partial charge in [-0.25, -0.2) is 13.8 Å². The van der Waals surface area contributed by atoms with Crippen molar-refractivity contribution >= 4 is 17.6 Å². The molecule has 31 heavy (non-hydrogen) atoms. The van der Waals surface area contributed by atoms with Crippen LogP contribution in [-0.2, 0) is 16.1 Å². The molecular weight excluding hydrogens is 406 g/mol. The van der Waals surface area contributed by atoms with Crippen molar-refractivity contribution < 1.29 is 23.1 Å². The minimum atomic E-state index is -0.981. The van der Waals surface area contributed by atoms with Gasteiger partial charge >= 0.3 is 0 Å². The van der Waals surface area contributed by atoms with Crippen LogP contribution in [0.2, 0.25) is 0 Å². The lowest BCUT2D eigenvalue weighted by Crippen LogP contribution is -2.50. The Morgan fingerprint density at radius 3 is 2.45 bits per heavy atom. The fraction of sp³-hybridized carbons (Fsp3) is 0.409. The number of benzene rings is 1. The number of hydrogen-bond acceptors (Lipinski definition) is 5. The largest absolute Gasteiger partial charge is 0.378 e. The molecule has 1 aliphatic rings. The average molecular weight is 432 g/mol. The molecule has 2 amide bonds. The summed E-state index contributed by atoms with van der Waals surface area (Å²) >= 11 is 0. The fourth-order valence-corrected chi connectivity index (χ4v) is 3.38. The predicted octanol–water partition coefficient (Wildman–Crippen LogP) is 2.27. The zero-order chi connectivity index (χ0) is 22.4. The number of ether oxygens (including phenoxy) is 1.